The van der Waals surface area contributed by atoms with Gasteiger partial charge in [0.2, 0.25) is 0 Å². The first kappa shape index (κ1) is 17.9. The molecule has 148 valence electrons. The van der Waals surface area contributed by atoms with E-state index >= 15 is 0 Å². The first-order chi connectivity index (χ1) is 14.1. The number of amides is 1. The zero-order valence-electron chi connectivity index (χ0n) is 16.8. The highest BCUT2D eigenvalue weighted by Gasteiger charge is 2.51. The summed E-state index contributed by atoms with van der Waals surface area (Å²) in [5.74, 6) is 1.46. The van der Waals surface area contributed by atoms with Crippen molar-refractivity contribution in [1.29, 1.82) is 0 Å². The summed E-state index contributed by atoms with van der Waals surface area (Å²) in [6.45, 7) is 6.75. The van der Waals surface area contributed by atoms with Gasteiger partial charge in [-0.15, -0.1) is 0 Å². The second-order valence-corrected chi connectivity index (χ2v) is 8.34. The Morgan fingerprint density at radius 3 is 2.76 bits per heavy atom. The molecule has 0 bridgehead atoms. The Kier molecular flexibility index (Phi) is 4.15. The fourth-order valence-electron chi connectivity index (χ4n) is 4.78. The minimum Gasteiger partial charge on any atom is -0.355 e. The molecule has 5 rings (SSSR count). The van der Waals surface area contributed by atoms with E-state index in [0.29, 0.717) is 24.7 Å². The van der Waals surface area contributed by atoms with Crippen molar-refractivity contribution in [2.75, 3.05) is 24.5 Å². The summed E-state index contributed by atoms with van der Waals surface area (Å²) in [6.07, 6.45) is 6.49. The number of carbonyl (C=O) groups excluding carboxylic acids is 1. The summed E-state index contributed by atoms with van der Waals surface area (Å²) in [6, 6.07) is 13.9. The van der Waals surface area contributed by atoms with Crippen LogP contribution in [0.1, 0.15) is 36.5 Å². The summed E-state index contributed by atoms with van der Waals surface area (Å²) < 4.78 is 2.20. The monoisotopic (exact) mass is 387 g/mol. The van der Waals surface area contributed by atoms with Crippen molar-refractivity contribution in [3.05, 3.63) is 72.4 Å². The van der Waals surface area contributed by atoms with Crippen molar-refractivity contribution in [3.8, 4) is 5.82 Å². The van der Waals surface area contributed by atoms with E-state index in [1.807, 2.05) is 29.3 Å². The van der Waals surface area contributed by atoms with Gasteiger partial charge in [0.1, 0.15) is 11.2 Å². The third-order valence-electron chi connectivity index (χ3n) is 5.99. The molecule has 3 aromatic heterocycles. The Bertz CT molecular complexity index is 1040. The molecule has 2 aliphatic heterocycles. The molecule has 0 saturated carbocycles. The maximum Gasteiger partial charge on any atom is 0.272 e. The van der Waals surface area contributed by atoms with E-state index in [-0.39, 0.29) is 11.4 Å². The van der Waals surface area contributed by atoms with Crippen LogP contribution in [-0.2, 0) is 5.54 Å². The van der Waals surface area contributed by atoms with Crippen LogP contribution < -0.4 is 4.90 Å². The van der Waals surface area contributed by atoms with Crippen LogP contribution >= 0.6 is 0 Å². The fraction of sp³-hybridized carbons (Fsp3) is 0.348. The van der Waals surface area contributed by atoms with E-state index in [9.17, 15) is 4.79 Å². The first-order valence-corrected chi connectivity index (χ1v) is 10.2. The number of hydrogen-bond donors (Lipinski definition) is 0. The number of aromatic nitrogens is 3. The predicted molar refractivity (Wildman–Crippen MR) is 112 cm³/mol. The number of likely N-dealkylation sites (tertiary alicyclic amines) is 1. The van der Waals surface area contributed by atoms with Gasteiger partial charge >= 0.3 is 0 Å². The first-order valence-electron chi connectivity index (χ1n) is 10.2. The highest BCUT2D eigenvalue weighted by Crippen LogP contribution is 2.47. The lowest BCUT2D eigenvalue weighted by Crippen LogP contribution is -2.54. The van der Waals surface area contributed by atoms with Gasteiger partial charge in [-0.05, 0) is 48.7 Å². The van der Waals surface area contributed by atoms with E-state index in [2.05, 4.69) is 57.7 Å². The van der Waals surface area contributed by atoms with Gasteiger partial charge in [0.05, 0.1) is 11.4 Å². The molecule has 3 aromatic rings. The molecule has 0 aromatic carbocycles. The summed E-state index contributed by atoms with van der Waals surface area (Å²) in [7, 11) is 0. The van der Waals surface area contributed by atoms with E-state index < -0.39 is 0 Å². The van der Waals surface area contributed by atoms with E-state index in [1.165, 1.54) is 5.69 Å². The Labute approximate surface area is 170 Å². The van der Waals surface area contributed by atoms with Crippen molar-refractivity contribution in [2.45, 2.75) is 25.8 Å². The molecule has 0 radical (unpaired) electrons. The summed E-state index contributed by atoms with van der Waals surface area (Å²) >= 11 is 0. The molecule has 2 aliphatic rings. The molecule has 1 spiro atoms. The van der Waals surface area contributed by atoms with Gasteiger partial charge in [0.25, 0.3) is 5.91 Å². The lowest BCUT2D eigenvalue weighted by atomic mass is 9.88. The maximum atomic E-state index is 13.1. The molecule has 1 saturated heterocycles. The zero-order chi connectivity index (χ0) is 20.0. The molecule has 0 aliphatic carbocycles. The Balaban J connectivity index is 1.59. The van der Waals surface area contributed by atoms with Gasteiger partial charge < -0.3 is 14.4 Å². The fourth-order valence-corrected chi connectivity index (χ4v) is 4.78. The Morgan fingerprint density at radius 2 is 1.97 bits per heavy atom. The molecule has 1 fully saturated rings. The van der Waals surface area contributed by atoms with Crippen molar-refractivity contribution in [2.24, 2.45) is 5.92 Å². The third-order valence-corrected chi connectivity index (χ3v) is 5.99. The normalized spacial score (nSPS) is 20.2. The molecule has 5 heterocycles. The summed E-state index contributed by atoms with van der Waals surface area (Å²) in [4.78, 5) is 26.5. The molecule has 29 heavy (non-hydrogen) atoms. The number of anilines is 1. The minimum absolute atomic E-state index is 0.00191. The van der Waals surface area contributed by atoms with Gasteiger partial charge in [0, 0.05) is 38.2 Å². The van der Waals surface area contributed by atoms with Crippen LogP contribution in [0.2, 0.25) is 0 Å². The van der Waals surface area contributed by atoms with Gasteiger partial charge in [-0.25, -0.2) is 4.98 Å². The molecular formula is C23H25N5O. The number of fused-ring (bicyclic) bond motifs is 4. The molecule has 0 unspecified atom stereocenters. The zero-order valence-corrected chi connectivity index (χ0v) is 16.8. The van der Waals surface area contributed by atoms with Crippen LogP contribution in [0.25, 0.3) is 5.82 Å². The number of nitrogens with zero attached hydrogens (tertiary/aromatic N) is 5. The second kappa shape index (κ2) is 6.72. The number of pyridine rings is 2. The minimum atomic E-state index is -0.256. The van der Waals surface area contributed by atoms with Gasteiger partial charge in [0.15, 0.2) is 5.82 Å². The average Bonchev–Trinajstić information content (AvgIpc) is 3.40. The number of carbonyl (C=O) groups is 1. The lowest BCUT2D eigenvalue weighted by Gasteiger charge is -2.47. The molecule has 1 atom stereocenters. The van der Waals surface area contributed by atoms with Crippen LogP contribution in [0.4, 0.5) is 5.69 Å². The molecule has 1 amide bonds. The van der Waals surface area contributed by atoms with Crippen LogP contribution in [0.5, 0.6) is 0 Å². The summed E-state index contributed by atoms with van der Waals surface area (Å²) in [5.41, 5.74) is 2.60. The van der Waals surface area contributed by atoms with Crippen molar-refractivity contribution in [3.63, 3.8) is 0 Å². The Hall–Kier alpha value is -3.15. The average molecular weight is 387 g/mol. The second-order valence-electron chi connectivity index (χ2n) is 8.34. The topological polar surface area (TPSA) is 54.3 Å². The highest BCUT2D eigenvalue weighted by atomic mass is 16.2. The molecule has 0 N–H and O–H groups in total. The van der Waals surface area contributed by atoms with Crippen LogP contribution in [0, 0.1) is 5.92 Å². The highest BCUT2D eigenvalue weighted by molar-refractivity contribution is 5.92. The number of hydrogen-bond acceptors (Lipinski definition) is 4. The van der Waals surface area contributed by atoms with Crippen molar-refractivity contribution < 1.29 is 4.79 Å². The quantitative estimate of drug-likeness (QED) is 0.690. The van der Waals surface area contributed by atoms with E-state index in [4.69, 9.17) is 0 Å². The van der Waals surface area contributed by atoms with Crippen molar-refractivity contribution >= 4 is 11.6 Å². The van der Waals surface area contributed by atoms with Crippen LogP contribution in [-0.4, -0.2) is 45.0 Å². The van der Waals surface area contributed by atoms with Gasteiger partial charge in [-0.1, -0.05) is 19.9 Å². The van der Waals surface area contributed by atoms with Crippen molar-refractivity contribution in [1.82, 2.24) is 19.4 Å². The Morgan fingerprint density at radius 1 is 1.10 bits per heavy atom. The SMILES string of the molecule is CC(C)CN1c2cccnc2-n2cccc2[C@@]12CCN(C(=O)c1ccccn1)C2. The summed E-state index contributed by atoms with van der Waals surface area (Å²) in [5, 5.41) is 0. The van der Waals surface area contributed by atoms with Gasteiger partial charge in [-0.2, -0.15) is 0 Å². The smallest absolute Gasteiger partial charge is 0.272 e. The lowest BCUT2D eigenvalue weighted by molar-refractivity contribution is 0.0776. The molecule has 6 heteroatoms. The maximum absolute atomic E-state index is 13.1. The van der Waals surface area contributed by atoms with E-state index in [0.717, 1.165) is 24.5 Å². The standard InChI is InChI=1S/C23H25N5O/c1-17(2)15-28-19-8-5-12-25-21(19)27-13-6-9-20(27)23(28)10-14-26(16-23)22(29)18-7-3-4-11-24-18/h3-9,11-13,17H,10,14-16H2,1-2H3/t23-/m0/s1. The largest absolute Gasteiger partial charge is 0.355 e. The van der Waals surface area contributed by atoms with Crippen LogP contribution in [0.3, 0.4) is 0 Å². The van der Waals surface area contributed by atoms with Crippen LogP contribution in [0.15, 0.2) is 61.1 Å². The molecule has 6 nitrogen and oxygen atoms in total. The third kappa shape index (κ3) is 2.74. The predicted octanol–water partition coefficient (Wildman–Crippen LogP) is 3.48. The number of rotatable bonds is 3. The van der Waals surface area contributed by atoms with E-state index in [1.54, 1.807) is 12.3 Å². The molecular weight excluding hydrogens is 362 g/mol. The van der Waals surface area contributed by atoms with Gasteiger partial charge in [-0.3, -0.25) is 9.78 Å².